The molecular formula is C12H18O4. The van der Waals surface area contributed by atoms with Gasteiger partial charge >= 0.3 is 5.97 Å². The van der Waals surface area contributed by atoms with Gasteiger partial charge in [0.05, 0.1) is 24.5 Å². The van der Waals surface area contributed by atoms with Gasteiger partial charge in [-0.25, -0.2) is 0 Å². The number of hydrogen-bond acceptors (Lipinski definition) is 4. The summed E-state index contributed by atoms with van der Waals surface area (Å²) in [5, 5.41) is 0. The molecule has 1 saturated carbocycles. The maximum absolute atomic E-state index is 11.8. The molecule has 4 heteroatoms. The average Bonchev–Trinajstić information content (AvgIpc) is 2.89. The van der Waals surface area contributed by atoms with Crippen LogP contribution in [0.15, 0.2) is 0 Å². The monoisotopic (exact) mass is 226 g/mol. The molecule has 2 rings (SSSR count). The molecule has 0 aromatic carbocycles. The van der Waals surface area contributed by atoms with E-state index in [0.717, 1.165) is 19.3 Å². The van der Waals surface area contributed by atoms with E-state index in [1.54, 1.807) is 6.92 Å². The Balaban J connectivity index is 1.84. The molecule has 2 aliphatic rings. The van der Waals surface area contributed by atoms with Crippen LogP contribution < -0.4 is 0 Å². The second kappa shape index (κ2) is 4.53. The fourth-order valence-electron chi connectivity index (χ4n) is 2.38. The molecule has 0 N–H and O–H groups in total. The molecule has 4 nitrogen and oxygen atoms in total. The Kier molecular flexibility index (Phi) is 3.28. The molecule has 1 aliphatic heterocycles. The van der Waals surface area contributed by atoms with Gasteiger partial charge in [0.15, 0.2) is 5.78 Å². The maximum atomic E-state index is 11.8. The predicted molar refractivity (Wildman–Crippen MR) is 56.8 cm³/mol. The first kappa shape index (κ1) is 11.6. The summed E-state index contributed by atoms with van der Waals surface area (Å²) in [5.41, 5.74) is 0. The molecule has 0 unspecified atom stereocenters. The molecule has 90 valence electrons. The normalized spacial score (nSPS) is 36.0. The third-order valence-corrected chi connectivity index (χ3v) is 3.30. The van der Waals surface area contributed by atoms with Crippen LogP contribution in [0.5, 0.6) is 0 Å². The topological polar surface area (TPSA) is 52.6 Å². The highest BCUT2D eigenvalue weighted by molar-refractivity contribution is 5.97. The molecule has 0 amide bonds. The number of ether oxygens (including phenoxy) is 2. The van der Waals surface area contributed by atoms with Crippen LogP contribution in [0.3, 0.4) is 0 Å². The van der Waals surface area contributed by atoms with E-state index < -0.39 is 0 Å². The molecule has 1 aliphatic carbocycles. The first-order chi connectivity index (χ1) is 7.70. The number of hydrogen-bond donors (Lipinski definition) is 0. The van der Waals surface area contributed by atoms with Gasteiger partial charge in [-0.05, 0) is 13.3 Å². The lowest BCUT2D eigenvalue weighted by molar-refractivity contribution is -0.149. The molecule has 4 atom stereocenters. The molecule has 16 heavy (non-hydrogen) atoms. The van der Waals surface area contributed by atoms with Gasteiger partial charge in [0.1, 0.15) is 6.10 Å². The fraction of sp³-hybridized carbons (Fsp3) is 0.833. The van der Waals surface area contributed by atoms with Crippen molar-refractivity contribution in [2.75, 3.05) is 6.61 Å². The minimum absolute atomic E-state index is 0.108. The molecule has 0 aromatic rings. The summed E-state index contributed by atoms with van der Waals surface area (Å²) in [4.78, 5) is 23.3. The van der Waals surface area contributed by atoms with Crippen molar-refractivity contribution in [3.05, 3.63) is 0 Å². The maximum Gasteiger partial charge on any atom is 0.312 e. The summed E-state index contributed by atoms with van der Waals surface area (Å²) in [6, 6.07) is 0. The zero-order valence-corrected chi connectivity index (χ0v) is 9.77. The van der Waals surface area contributed by atoms with Crippen LogP contribution in [0.2, 0.25) is 0 Å². The Morgan fingerprint density at radius 2 is 2.19 bits per heavy atom. The van der Waals surface area contributed by atoms with Crippen molar-refractivity contribution in [2.45, 2.75) is 45.3 Å². The molecule has 0 bridgehead atoms. The van der Waals surface area contributed by atoms with Crippen LogP contribution in [0, 0.1) is 11.8 Å². The molecule has 1 heterocycles. The van der Waals surface area contributed by atoms with Crippen LogP contribution in [-0.4, -0.2) is 30.6 Å². The van der Waals surface area contributed by atoms with E-state index in [1.807, 2.05) is 0 Å². The quantitative estimate of drug-likeness (QED) is 0.663. The number of unbranched alkanes of at least 4 members (excludes halogenated alkanes) is 1. The van der Waals surface area contributed by atoms with Crippen LogP contribution in [0.1, 0.15) is 33.1 Å². The highest BCUT2D eigenvalue weighted by Gasteiger charge is 2.67. The fourth-order valence-corrected chi connectivity index (χ4v) is 2.38. The number of ketones is 1. The Morgan fingerprint density at radius 3 is 2.69 bits per heavy atom. The van der Waals surface area contributed by atoms with Gasteiger partial charge < -0.3 is 9.47 Å². The van der Waals surface area contributed by atoms with Crippen molar-refractivity contribution in [1.82, 2.24) is 0 Å². The Morgan fingerprint density at radius 1 is 1.44 bits per heavy atom. The second-order valence-electron chi connectivity index (χ2n) is 4.44. The lowest BCUT2D eigenvalue weighted by atomic mass is 10.1. The summed E-state index contributed by atoms with van der Waals surface area (Å²) in [6.45, 7) is 4.21. The van der Waals surface area contributed by atoms with Gasteiger partial charge in [-0.1, -0.05) is 19.8 Å². The highest BCUT2D eigenvalue weighted by atomic mass is 16.5. The summed E-state index contributed by atoms with van der Waals surface area (Å²) >= 11 is 0. The molecule has 2 fully saturated rings. The lowest BCUT2D eigenvalue weighted by Crippen LogP contribution is -2.25. The Labute approximate surface area is 95.3 Å². The summed E-state index contributed by atoms with van der Waals surface area (Å²) < 4.78 is 10.5. The Hall–Kier alpha value is -0.900. The molecule has 0 spiro atoms. The van der Waals surface area contributed by atoms with E-state index in [1.165, 1.54) is 0 Å². The third-order valence-electron chi connectivity index (χ3n) is 3.30. The number of fused-ring (bicyclic) bond motifs is 1. The Bertz CT molecular complexity index is 299. The van der Waals surface area contributed by atoms with Crippen LogP contribution >= 0.6 is 0 Å². The third kappa shape index (κ3) is 1.86. The SMILES string of the molecule is CCCC[C@H]1O[C@@H]2[C@@H](C(=O)OCC)[C@@H]2C1=O. The lowest BCUT2D eigenvalue weighted by Gasteiger charge is -2.12. The predicted octanol–water partition coefficient (Wildman–Crippen LogP) is 1.32. The summed E-state index contributed by atoms with van der Waals surface area (Å²) in [7, 11) is 0. The number of carbonyl (C=O) groups is 2. The van der Waals surface area contributed by atoms with Gasteiger partial charge in [-0.3, -0.25) is 9.59 Å². The first-order valence-electron chi connectivity index (χ1n) is 6.06. The number of rotatable bonds is 5. The second-order valence-corrected chi connectivity index (χ2v) is 4.44. The van der Waals surface area contributed by atoms with E-state index >= 15 is 0 Å². The summed E-state index contributed by atoms with van der Waals surface area (Å²) in [6.07, 6.45) is 2.40. The molecule has 1 saturated heterocycles. The zero-order chi connectivity index (χ0) is 11.7. The number of esters is 1. The van der Waals surface area contributed by atoms with E-state index in [-0.39, 0.29) is 35.8 Å². The minimum Gasteiger partial charge on any atom is -0.466 e. The van der Waals surface area contributed by atoms with Crippen molar-refractivity contribution >= 4 is 11.8 Å². The van der Waals surface area contributed by atoms with Crippen LogP contribution in [0.4, 0.5) is 0 Å². The van der Waals surface area contributed by atoms with Crippen molar-refractivity contribution in [3.63, 3.8) is 0 Å². The van der Waals surface area contributed by atoms with Crippen LogP contribution in [0.25, 0.3) is 0 Å². The van der Waals surface area contributed by atoms with Gasteiger partial charge in [0.25, 0.3) is 0 Å². The van der Waals surface area contributed by atoms with Crippen molar-refractivity contribution < 1.29 is 19.1 Å². The van der Waals surface area contributed by atoms with E-state index in [2.05, 4.69) is 6.92 Å². The highest BCUT2D eigenvalue weighted by Crippen LogP contribution is 2.50. The largest absolute Gasteiger partial charge is 0.466 e. The average molecular weight is 226 g/mol. The van der Waals surface area contributed by atoms with Crippen molar-refractivity contribution in [2.24, 2.45) is 11.8 Å². The van der Waals surface area contributed by atoms with Gasteiger partial charge in [-0.2, -0.15) is 0 Å². The van der Waals surface area contributed by atoms with E-state index in [4.69, 9.17) is 9.47 Å². The molecule has 0 radical (unpaired) electrons. The van der Waals surface area contributed by atoms with Crippen molar-refractivity contribution in [1.29, 1.82) is 0 Å². The van der Waals surface area contributed by atoms with Gasteiger partial charge in [-0.15, -0.1) is 0 Å². The van der Waals surface area contributed by atoms with Gasteiger partial charge in [0, 0.05) is 0 Å². The standard InChI is InChI=1S/C12H18O4/c1-3-5-6-7-10(13)8-9(11(8)16-7)12(14)15-4-2/h7-9,11H,3-6H2,1-2H3/t7-,8-,9+,11+/m1/s1. The molecular weight excluding hydrogens is 208 g/mol. The van der Waals surface area contributed by atoms with Crippen LogP contribution in [-0.2, 0) is 19.1 Å². The number of Topliss-reactive ketones (excluding diaryl/α,β-unsaturated/α-hetero) is 1. The van der Waals surface area contributed by atoms with E-state index in [0.29, 0.717) is 6.61 Å². The minimum atomic E-state index is -0.315. The summed E-state index contributed by atoms with van der Waals surface area (Å²) in [5.74, 6) is -0.692. The number of carbonyl (C=O) groups excluding carboxylic acids is 2. The molecule has 0 aromatic heterocycles. The zero-order valence-electron chi connectivity index (χ0n) is 9.77. The van der Waals surface area contributed by atoms with Gasteiger partial charge in [0.2, 0.25) is 0 Å². The first-order valence-corrected chi connectivity index (χ1v) is 6.06. The van der Waals surface area contributed by atoms with Crippen molar-refractivity contribution in [3.8, 4) is 0 Å². The van der Waals surface area contributed by atoms with E-state index in [9.17, 15) is 9.59 Å². The smallest absolute Gasteiger partial charge is 0.312 e.